The standard InChI is InChI=1S/C15H15N5OS2/c1-10-16-14(19-18-10)22-8-12-9-23-15(17-12)20(11(2)21)13-6-4-3-5-7-13/h3-7,9H,8H2,1-2H3,(H,16,18,19). The maximum Gasteiger partial charge on any atom is 0.230 e. The molecule has 1 N–H and O–H groups in total. The Hall–Kier alpha value is -2.19. The van der Waals surface area contributed by atoms with Gasteiger partial charge in [0.2, 0.25) is 11.1 Å². The molecule has 0 aliphatic rings. The zero-order valence-corrected chi connectivity index (χ0v) is 14.3. The largest absolute Gasteiger partial charge is 0.274 e. The quantitative estimate of drug-likeness (QED) is 0.716. The van der Waals surface area contributed by atoms with Crippen molar-refractivity contribution >= 4 is 39.8 Å². The van der Waals surface area contributed by atoms with Crippen molar-refractivity contribution < 1.29 is 4.79 Å². The van der Waals surface area contributed by atoms with Crippen LogP contribution < -0.4 is 4.90 Å². The number of rotatable bonds is 5. The zero-order chi connectivity index (χ0) is 16.2. The molecule has 0 saturated heterocycles. The fraction of sp³-hybridized carbons (Fsp3) is 0.200. The zero-order valence-electron chi connectivity index (χ0n) is 12.7. The molecule has 0 radical (unpaired) electrons. The van der Waals surface area contributed by atoms with E-state index >= 15 is 0 Å². The average Bonchev–Trinajstić information content (AvgIpc) is 3.15. The Balaban J connectivity index is 1.75. The molecule has 0 spiro atoms. The van der Waals surface area contributed by atoms with Crippen molar-refractivity contribution in [3.8, 4) is 0 Å². The van der Waals surface area contributed by atoms with Crippen LogP contribution in [0.25, 0.3) is 0 Å². The Bertz CT molecular complexity index is 799. The third kappa shape index (κ3) is 3.77. The van der Waals surface area contributed by atoms with E-state index in [4.69, 9.17) is 0 Å². The van der Waals surface area contributed by atoms with E-state index in [0.29, 0.717) is 16.0 Å². The molecule has 0 atom stereocenters. The van der Waals surface area contributed by atoms with Gasteiger partial charge in [0.15, 0.2) is 5.13 Å². The number of anilines is 2. The van der Waals surface area contributed by atoms with Crippen LogP contribution in [-0.2, 0) is 10.5 Å². The lowest BCUT2D eigenvalue weighted by Crippen LogP contribution is -2.22. The number of thiazole rings is 1. The Labute approximate surface area is 142 Å². The Morgan fingerprint density at radius 1 is 1.30 bits per heavy atom. The van der Waals surface area contributed by atoms with Gasteiger partial charge in [0.1, 0.15) is 5.82 Å². The van der Waals surface area contributed by atoms with Crippen LogP contribution >= 0.6 is 23.1 Å². The number of amides is 1. The fourth-order valence-electron chi connectivity index (χ4n) is 1.99. The summed E-state index contributed by atoms with van der Waals surface area (Å²) in [5.41, 5.74) is 1.72. The highest BCUT2D eigenvalue weighted by Gasteiger charge is 2.17. The van der Waals surface area contributed by atoms with Gasteiger partial charge in [-0.3, -0.25) is 14.8 Å². The van der Waals surface area contributed by atoms with Crippen LogP contribution in [0, 0.1) is 6.92 Å². The molecular weight excluding hydrogens is 330 g/mol. The van der Waals surface area contributed by atoms with Gasteiger partial charge in [-0.25, -0.2) is 9.97 Å². The molecule has 2 heterocycles. The summed E-state index contributed by atoms with van der Waals surface area (Å²) in [7, 11) is 0. The molecule has 0 fully saturated rings. The van der Waals surface area contributed by atoms with Gasteiger partial charge in [-0.15, -0.1) is 16.4 Å². The Kier molecular flexibility index (Phi) is 4.73. The number of nitrogens with one attached hydrogen (secondary N) is 1. The SMILES string of the molecule is CC(=O)N(c1ccccc1)c1nc(CSc2n[nH]c(C)n2)cs1. The molecule has 0 aliphatic carbocycles. The van der Waals surface area contributed by atoms with Crippen LogP contribution in [0.3, 0.4) is 0 Å². The third-order valence-electron chi connectivity index (χ3n) is 2.99. The first-order chi connectivity index (χ1) is 11.1. The maximum absolute atomic E-state index is 12.0. The number of thioether (sulfide) groups is 1. The molecule has 23 heavy (non-hydrogen) atoms. The second-order valence-electron chi connectivity index (χ2n) is 4.80. The highest BCUT2D eigenvalue weighted by molar-refractivity contribution is 7.98. The van der Waals surface area contributed by atoms with Crippen molar-refractivity contribution in [1.29, 1.82) is 0 Å². The normalized spacial score (nSPS) is 10.7. The lowest BCUT2D eigenvalue weighted by molar-refractivity contribution is -0.115. The Morgan fingerprint density at radius 2 is 2.09 bits per heavy atom. The molecule has 118 valence electrons. The van der Waals surface area contributed by atoms with Gasteiger partial charge < -0.3 is 0 Å². The van der Waals surface area contributed by atoms with Gasteiger partial charge in [0, 0.05) is 18.1 Å². The highest BCUT2D eigenvalue weighted by Crippen LogP contribution is 2.30. The first-order valence-corrected chi connectivity index (χ1v) is 8.82. The van der Waals surface area contributed by atoms with Crippen molar-refractivity contribution in [1.82, 2.24) is 20.2 Å². The van der Waals surface area contributed by atoms with Gasteiger partial charge >= 0.3 is 0 Å². The molecule has 3 aromatic rings. The van der Waals surface area contributed by atoms with E-state index in [2.05, 4.69) is 20.2 Å². The summed E-state index contributed by atoms with van der Waals surface area (Å²) in [4.78, 5) is 22.4. The van der Waals surface area contributed by atoms with E-state index < -0.39 is 0 Å². The number of para-hydroxylation sites is 1. The predicted molar refractivity (Wildman–Crippen MR) is 92.1 cm³/mol. The topological polar surface area (TPSA) is 74.8 Å². The lowest BCUT2D eigenvalue weighted by Gasteiger charge is -2.17. The molecule has 0 unspecified atom stereocenters. The van der Waals surface area contributed by atoms with Gasteiger partial charge in [0.05, 0.1) is 11.4 Å². The van der Waals surface area contributed by atoms with E-state index in [9.17, 15) is 4.79 Å². The molecular formula is C15H15N5OS2. The number of carbonyl (C=O) groups is 1. The minimum atomic E-state index is -0.0608. The van der Waals surface area contributed by atoms with Gasteiger partial charge in [0.25, 0.3) is 0 Å². The molecule has 1 amide bonds. The summed E-state index contributed by atoms with van der Waals surface area (Å²) < 4.78 is 0. The number of aromatic nitrogens is 4. The molecule has 0 saturated carbocycles. The number of hydrogen-bond donors (Lipinski definition) is 1. The van der Waals surface area contributed by atoms with E-state index in [-0.39, 0.29) is 5.91 Å². The Morgan fingerprint density at radius 3 is 2.74 bits per heavy atom. The fourth-order valence-corrected chi connectivity index (χ4v) is 3.72. The van der Waals surface area contributed by atoms with Crippen molar-refractivity contribution in [3.05, 3.63) is 47.2 Å². The molecule has 3 rings (SSSR count). The highest BCUT2D eigenvalue weighted by atomic mass is 32.2. The number of nitrogens with zero attached hydrogens (tertiary/aromatic N) is 4. The van der Waals surface area contributed by atoms with Crippen molar-refractivity contribution in [2.45, 2.75) is 24.8 Å². The molecule has 0 aliphatic heterocycles. The van der Waals surface area contributed by atoms with Gasteiger partial charge in [-0.1, -0.05) is 30.0 Å². The van der Waals surface area contributed by atoms with Crippen LogP contribution in [0.5, 0.6) is 0 Å². The molecule has 2 aromatic heterocycles. The maximum atomic E-state index is 12.0. The first-order valence-electron chi connectivity index (χ1n) is 6.95. The minimum Gasteiger partial charge on any atom is -0.274 e. The third-order valence-corrected chi connectivity index (χ3v) is 4.74. The van der Waals surface area contributed by atoms with Crippen molar-refractivity contribution in [3.63, 3.8) is 0 Å². The van der Waals surface area contributed by atoms with E-state index in [1.54, 1.807) is 11.8 Å². The van der Waals surface area contributed by atoms with Gasteiger partial charge in [-0.2, -0.15) is 0 Å². The van der Waals surface area contributed by atoms with Crippen LogP contribution in [0.15, 0.2) is 40.9 Å². The van der Waals surface area contributed by atoms with Gasteiger partial charge in [-0.05, 0) is 19.1 Å². The summed E-state index contributed by atoms with van der Waals surface area (Å²) in [6, 6.07) is 9.52. The van der Waals surface area contributed by atoms with Crippen LogP contribution in [-0.4, -0.2) is 26.1 Å². The summed E-state index contributed by atoms with van der Waals surface area (Å²) in [6.07, 6.45) is 0. The number of hydrogen-bond acceptors (Lipinski definition) is 6. The number of aromatic amines is 1. The number of carbonyl (C=O) groups excluding carboxylic acids is 1. The van der Waals surface area contributed by atoms with Crippen LogP contribution in [0.1, 0.15) is 18.4 Å². The van der Waals surface area contributed by atoms with Crippen molar-refractivity contribution in [2.75, 3.05) is 4.90 Å². The summed E-state index contributed by atoms with van der Waals surface area (Å²) in [5.74, 6) is 1.39. The van der Waals surface area contributed by atoms with Crippen molar-refractivity contribution in [2.24, 2.45) is 0 Å². The molecule has 1 aromatic carbocycles. The summed E-state index contributed by atoms with van der Waals surface area (Å²) in [6.45, 7) is 3.40. The van der Waals surface area contributed by atoms with Crippen LogP contribution in [0.2, 0.25) is 0 Å². The van der Waals surface area contributed by atoms with E-state index in [0.717, 1.165) is 17.2 Å². The lowest BCUT2D eigenvalue weighted by atomic mass is 10.3. The number of H-pyrrole nitrogens is 1. The van der Waals surface area contributed by atoms with E-state index in [1.807, 2.05) is 42.6 Å². The molecule has 6 nitrogen and oxygen atoms in total. The van der Waals surface area contributed by atoms with Crippen LogP contribution in [0.4, 0.5) is 10.8 Å². The molecule has 0 bridgehead atoms. The molecule has 8 heteroatoms. The number of aryl methyl sites for hydroxylation is 1. The predicted octanol–water partition coefficient (Wildman–Crippen LogP) is 3.55. The smallest absolute Gasteiger partial charge is 0.230 e. The first kappa shape index (κ1) is 15.7. The average molecular weight is 345 g/mol. The summed E-state index contributed by atoms with van der Waals surface area (Å²) in [5, 5.41) is 10.2. The minimum absolute atomic E-state index is 0.0608. The second-order valence-corrected chi connectivity index (χ2v) is 6.58. The summed E-state index contributed by atoms with van der Waals surface area (Å²) >= 11 is 2.96. The monoisotopic (exact) mass is 345 g/mol. The number of benzene rings is 1. The second kappa shape index (κ2) is 6.93. The van der Waals surface area contributed by atoms with E-state index in [1.165, 1.54) is 23.1 Å².